The van der Waals surface area contributed by atoms with Crippen LogP contribution in [0.25, 0.3) is 5.69 Å². The van der Waals surface area contributed by atoms with E-state index in [1.54, 1.807) is 31.4 Å². The number of methoxy groups -OCH3 is 1. The summed E-state index contributed by atoms with van der Waals surface area (Å²) in [6.07, 6.45) is 0.188. The van der Waals surface area contributed by atoms with E-state index in [-0.39, 0.29) is 18.0 Å². The molecule has 168 valence electrons. The lowest BCUT2D eigenvalue weighted by atomic mass is 10.1. The molecule has 2 aromatic carbocycles. The average molecular weight is 464 g/mol. The Balaban J connectivity index is 1.63. The topological polar surface area (TPSA) is 123 Å². The number of aromatic amines is 2. The number of aromatic nitrogens is 5. The lowest BCUT2D eigenvalue weighted by Crippen LogP contribution is -2.23. The van der Waals surface area contributed by atoms with Crippen molar-refractivity contribution in [2.45, 2.75) is 18.5 Å². The van der Waals surface area contributed by atoms with Crippen molar-refractivity contribution >= 4 is 17.5 Å². The van der Waals surface area contributed by atoms with Gasteiger partial charge in [-0.25, -0.2) is 4.79 Å². The molecule has 0 atom stereocenters. The van der Waals surface area contributed by atoms with Crippen LogP contribution in [0.15, 0.2) is 69.3 Å². The van der Waals surface area contributed by atoms with Crippen molar-refractivity contribution in [3.8, 4) is 11.4 Å². The highest BCUT2D eigenvalue weighted by molar-refractivity contribution is 7.99. The van der Waals surface area contributed by atoms with Crippen LogP contribution in [0.5, 0.6) is 5.75 Å². The van der Waals surface area contributed by atoms with Gasteiger partial charge in [0.15, 0.2) is 10.9 Å². The van der Waals surface area contributed by atoms with Crippen LogP contribution in [0.4, 0.5) is 0 Å². The van der Waals surface area contributed by atoms with Gasteiger partial charge in [0, 0.05) is 29.4 Å². The molecule has 4 rings (SSSR count). The molecular weight excluding hydrogens is 442 g/mol. The molecule has 0 aliphatic heterocycles. The van der Waals surface area contributed by atoms with Gasteiger partial charge in [-0.3, -0.25) is 19.1 Å². The Labute approximate surface area is 192 Å². The second-order valence-electron chi connectivity index (χ2n) is 7.30. The molecule has 0 fully saturated rings. The van der Waals surface area contributed by atoms with Crippen molar-refractivity contribution in [3.05, 3.63) is 98.1 Å². The maximum Gasteiger partial charge on any atom is 0.325 e. The number of carbonyl (C=O) groups excluding carboxylic acids is 1. The maximum atomic E-state index is 12.7. The summed E-state index contributed by atoms with van der Waals surface area (Å²) in [6.45, 7) is 1.97. The minimum Gasteiger partial charge on any atom is -0.497 e. The summed E-state index contributed by atoms with van der Waals surface area (Å²) < 4.78 is 6.97. The molecule has 0 unspecified atom stereocenters. The number of Topliss-reactive ketones (excluding diaryl/α,β-unsaturated/α-hetero) is 1. The summed E-state index contributed by atoms with van der Waals surface area (Å²) in [6, 6.07) is 16.0. The molecule has 0 amide bonds. The predicted octanol–water partition coefficient (Wildman–Crippen LogP) is 2.53. The van der Waals surface area contributed by atoms with Crippen LogP contribution in [0.3, 0.4) is 0 Å². The van der Waals surface area contributed by atoms with Crippen LogP contribution in [0, 0.1) is 6.92 Å². The number of benzene rings is 2. The molecule has 0 bridgehead atoms. The van der Waals surface area contributed by atoms with Crippen LogP contribution in [0.2, 0.25) is 0 Å². The first-order valence-corrected chi connectivity index (χ1v) is 11.1. The van der Waals surface area contributed by atoms with Gasteiger partial charge in [0.2, 0.25) is 0 Å². The molecule has 4 aromatic rings. The molecule has 0 aliphatic rings. The Morgan fingerprint density at radius 2 is 1.85 bits per heavy atom. The molecule has 0 radical (unpaired) electrons. The number of rotatable bonds is 8. The van der Waals surface area contributed by atoms with E-state index in [9.17, 15) is 14.4 Å². The van der Waals surface area contributed by atoms with Crippen LogP contribution in [-0.4, -0.2) is 43.4 Å². The van der Waals surface area contributed by atoms with E-state index in [0.717, 1.165) is 11.3 Å². The number of carbonyl (C=O) groups is 1. The molecule has 0 saturated carbocycles. The van der Waals surface area contributed by atoms with Gasteiger partial charge in [0.05, 0.1) is 12.9 Å². The number of hydrogen-bond donors (Lipinski definition) is 2. The third kappa shape index (κ3) is 5.29. The molecule has 0 spiro atoms. The van der Waals surface area contributed by atoms with E-state index < -0.39 is 11.2 Å². The summed E-state index contributed by atoms with van der Waals surface area (Å²) in [4.78, 5) is 40.8. The molecule has 2 aromatic heterocycles. The minimum atomic E-state index is -0.584. The second-order valence-corrected chi connectivity index (χ2v) is 8.25. The molecular formula is C23H21N5O4S. The third-order valence-corrected chi connectivity index (χ3v) is 5.80. The molecule has 0 saturated heterocycles. The highest BCUT2D eigenvalue weighted by atomic mass is 32.2. The smallest absolute Gasteiger partial charge is 0.325 e. The van der Waals surface area contributed by atoms with E-state index in [0.29, 0.717) is 28.0 Å². The fourth-order valence-corrected chi connectivity index (χ4v) is 4.18. The van der Waals surface area contributed by atoms with E-state index in [1.165, 1.54) is 17.8 Å². The number of hydrogen-bond acceptors (Lipinski definition) is 7. The molecule has 2 heterocycles. The Hall–Kier alpha value is -3.92. The fourth-order valence-electron chi connectivity index (χ4n) is 3.31. The fraction of sp³-hybridized carbons (Fsp3) is 0.174. The van der Waals surface area contributed by atoms with Gasteiger partial charge < -0.3 is 9.72 Å². The predicted molar refractivity (Wildman–Crippen MR) is 125 cm³/mol. The van der Waals surface area contributed by atoms with Crippen LogP contribution < -0.4 is 16.0 Å². The second kappa shape index (κ2) is 9.70. The lowest BCUT2D eigenvalue weighted by Gasteiger charge is -2.11. The number of H-pyrrole nitrogens is 2. The zero-order valence-electron chi connectivity index (χ0n) is 18.0. The SMILES string of the molecule is COc1ccc(C(=O)CSc2nnc(Cc3cc(=O)[nH]c(=O)[nH]3)n2-c2cccc(C)c2)cc1. The van der Waals surface area contributed by atoms with E-state index in [1.807, 2.05) is 35.8 Å². The summed E-state index contributed by atoms with van der Waals surface area (Å²) in [7, 11) is 1.57. The maximum absolute atomic E-state index is 12.7. The Kier molecular flexibility index (Phi) is 6.55. The van der Waals surface area contributed by atoms with Crippen molar-refractivity contribution in [2.75, 3.05) is 12.9 Å². The number of aryl methyl sites for hydroxylation is 1. The number of nitrogens with zero attached hydrogens (tertiary/aromatic N) is 3. The summed E-state index contributed by atoms with van der Waals surface area (Å²) >= 11 is 1.27. The Morgan fingerprint density at radius 3 is 2.55 bits per heavy atom. The van der Waals surface area contributed by atoms with Crippen molar-refractivity contribution in [3.63, 3.8) is 0 Å². The number of ether oxygens (including phenoxy) is 1. The zero-order chi connectivity index (χ0) is 23.4. The minimum absolute atomic E-state index is 0.0538. The molecule has 9 nitrogen and oxygen atoms in total. The normalized spacial score (nSPS) is 10.8. The van der Waals surface area contributed by atoms with Crippen molar-refractivity contribution in [2.24, 2.45) is 0 Å². The van der Waals surface area contributed by atoms with Crippen molar-refractivity contribution in [1.29, 1.82) is 0 Å². The standard InChI is InChI=1S/C23H21N5O4S/c1-14-4-3-5-17(10-14)28-20(11-16-12-21(30)25-22(31)24-16)26-27-23(28)33-13-19(29)15-6-8-18(32-2)9-7-15/h3-10,12H,11,13H2,1-2H3,(H2,24,25,30,31). The Bertz CT molecular complexity index is 1380. The summed E-state index contributed by atoms with van der Waals surface area (Å²) in [5, 5.41) is 9.09. The van der Waals surface area contributed by atoms with Gasteiger partial charge in [-0.1, -0.05) is 23.9 Å². The monoisotopic (exact) mass is 463 g/mol. The average Bonchev–Trinajstić information content (AvgIpc) is 3.19. The van der Waals surface area contributed by atoms with E-state index in [2.05, 4.69) is 20.2 Å². The summed E-state index contributed by atoms with van der Waals surface area (Å²) in [5.41, 5.74) is 1.78. The molecule has 10 heteroatoms. The third-order valence-electron chi connectivity index (χ3n) is 4.87. The highest BCUT2D eigenvalue weighted by Crippen LogP contribution is 2.25. The zero-order valence-corrected chi connectivity index (χ0v) is 18.8. The van der Waals surface area contributed by atoms with Gasteiger partial charge in [-0.2, -0.15) is 0 Å². The largest absolute Gasteiger partial charge is 0.497 e. The molecule has 33 heavy (non-hydrogen) atoms. The van der Waals surface area contributed by atoms with Crippen LogP contribution >= 0.6 is 11.8 Å². The summed E-state index contributed by atoms with van der Waals surface area (Å²) in [5.74, 6) is 1.32. The van der Waals surface area contributed by atoms with Gasteiger partial charge in [-0.15, -0.1) is 10.2 Å². The van der Waals surface area contributed by atoms with Crippen LogP contribution in [-0.2, 0) is 6.42 Å². The van der Waals surface area contributed by atoms with Crippen molar-refractivity contribution in [1.82, 2.24) is 24.7 Å². The Morgan fingerprint density at radius 1 is 1.06 bits per heavy atom. The van der Waals surface area contributed by atoms with Crippen molar-refractivity contribution < 1.29 is 9.53 Å². The number of ketones is 1. The lowest BCUT2D eigenvalue weighted by molar-refractivity contribution is 0.102. The first kappa shape index (κ1) is 22.3. The van der Waals surface area contributed by atoms with Gasteiger partial charge in [-0.05, 0) is 48.9 Å². The van der Waals surface area contributed by atoms with Gasteiger partial charge in [0.25, 0.3) is 5.56 Å². The number of nitrogens with one attached hydrogen (secondary N) is 2. The quantitative estimate of drug-likeness (QED) is 0.304. The first-order valence-electron chi connectivity index (χ1n) is 10.1. The molecule has 0 aliphatic carbocycles. The van der Waals surface area contributed by atoms with E-state index >= 15 is 0 Å². The first-order chi connectivity index (χ1) is 15.9. The van der Waals surface area contributed by atoms with E-state index in [4.69, 9.17) is 4.74 Å². The van der Waals surface area contributed by atoms with Crippen LogP contribution in [0.1, 0.15) is 27.4 Å². The molecule has 2 N–H and O–H groups in total. The number of thioether (sulfide) groups is 1. The van der Waals surface area contributed by atoms with Gasteiger partial charge >= 0.3 is 5.69 Å². The van der Waals surface area contributed by atoms with Gasteiger partial charge in [0.1, 0.15) is 11.6 Å². The highest BCUT2D eigenvalue weighted by Gasteiger charge is 2.18.